The first-order valence-corrected chi connectivity index (χ1v) is 8.84. The highest BCUT2D eigenvalue weighted by atomic mass is 16.6. The molecule has 0 aromatic heterocycles. The number of hydrogen-bond acceptors (Lipinski definition) is 6. The van der Waals surface area contributed by atoms with Crippen molar-refractivity contribution in [1.29, 1.82) is 0 Å². The molecule has 0 spiro atoms. The lowest BCUT2D eigenvalue weighted by atomic mass is 9.85. The molecule has 1 N–H and O–H groups in total. The second-order valence-electron chi connectivity index (χ2n) is 7.47. The Bertz CT molecular complexity index is 556. The van der Waals surface area contributed by atoms with Gasteiger partial charge in [0.15, 0.2) is 5.60 Å². The van der Waals surface area contributed by atoms with Crippen molar-refractivity contribution in [3.8, 4) is 0 Å². The van der Waals surface area contributed by atoms with E-state index in [2.05, 4.69) is 4.90 Å². The van der Waals surface area contributed by atoms with E-state index in [1.165, 1.54) is 6.92 Å². The fourth-order valence-electron chi connectivity index (χ4n) is 4.11. The summed E-state index contributed by atoms with van der Waals surface area (Å²) in [5.41, 5.74) is -1.12. The molecule has 3 aliphatic rings. The normalized spacial score (nSPS) is 42.9. The van der Waals surface area contributed by atoms with Gasteiger partial charge in [0.2, 0.25) is 0 Å². The van der Waals surface area contributed by atoms with Crippen LogP contribution in [0.5, 0.6) is 0 Å². The first-order chi connectivity index (χ1) is 11.3. The van der Waals surface area contributed by atoms with Gasteiger partial charge in [-0.05, 0) is 45.6 Å². The summed E-state index contributed by atoms with van der Waals surface area (Å²) >= 11 is 0. The van der Waals surface area contributed by atoms with Crippen LogP contribution >= 0.6 is 0 Å². The van der Waals surface area contributed by atoms with Gasteiger partial charge in [-0.15, -0.1) is 0 Å². The van der Waals surface area contributed by atoms with Crippen molar-refractivity contribution in [1.82, 2.24) is 4.90 Å². The molecule has 3 saturated heterocycles. The lowest BCUT2D eigenvalue weighted by Crippen LogP contribution is -2.46. The molecule has 0 radical (unpaired) electrons. The summed E-state index contributed by atoms with van der Waals surface area (Å²) in [6, 6.07) is 0.113. The number of esters is 2. The molecule has 0 bridgehead atoms. The Morgan fingerprint density at radius 3 is 2.71 bits per heavy atom. The number of nitrogens with zero attached hydrogens (tertiary/aromatic N) is 1. The topological polar surface area (TPSA) is 76.1 Å². The number of cyclic esters (lactones) is 1. The van der Waals surface area contributed by atoms with Crippen molar-refractivity contribution in [2.24, 2.45) is 11.8 Å². The van der Waals surface area contributed by atoms with Gasteiger partial charge in [-0.1, -0.05) is 13.0 Å². The van der Waals surface area contributed by atoms with Crippen LogP contribution in [0.1, 0.15) is 40.0 Å². The van der Waals surface area contributed by atoms with Crippen molar-refractivity contribution in [2.75, 3.05) is 19.7 Å². The van der Waals surface area contributed by atoms with E-state index in [0.29, 0.717) is 5.57 Å². The fourth-order valence-corrected chi connectivity index (χ4v) is 4.11. The summed E-state index contributed by atoms with van der Waals surface area (Å²) in [6.07, 6.45) is 3.59. The van der Waals surface area contributed by atoms with Crippen LogP contribution < -0.4 is 0 Å². The van der Waals surface area contributed by atoms with Crippen LogP contribution in [-0.2, 0) is 19.1 Å². The highest BCUT2D eigenvalue weighted by Gasteiger charge is 2.48. The molecule has 0 aromatic rings. The highest BCUT2D eigenvalue weighted by Crippen LogP contribution is 2.36. The van der Waals surface area contributed by atoms with Crippen molar-refractivity contribution >= 4 is 11.9 Å². The summed E-state index contributed by atoms with van der Waals surface area (Å²) in [4.78, 5) is 27.3. The molecule has 6 nitrogen and oxygen atoms in total. The quantitative estimate of drug-likeness (QED) is 0.530. The lowest BCUT2D eigenvalue weighted by molar-refractivity contribution is -0.172. The van der Waals surface area contributed by atoms with E-state index in [1.54, 1.807) is 19.9 Å². The number of allylic oxidation sites excluding steroid dienone is 1. The Labute approximate surface area is 142 Å². The third kappa shape index (κ3) is 2.97. The van der Waals surface area contributed by atoms with Gasteiger partial charge in [-0.2, -0.15) is 0 Å². The van der Waals surface area contributed by atoms with Crippen LogP contribution in [0.2, 0.25) is 0 Å². The van der Waals surface area contributed by atoms with Gasteiger partial charge < -0.3 is 14.6 Å². The molecular formula is C18H27NO5. The van der Waals surface area contributed by atoms with Gasteiger partial charge in [0.1, 0.15) is 6.10 Å². The molecule has 134 valence electrons. The molecule has 3 rings (SSSR count). The molecule has 5 atom stereocenters. The third-order valence-corrected chi connectivity index (χ3v) is 5.97. The maximum Gasteiger partial charge on any atom is 0.338 e. The zero-order valence-corrected chi connectivity index (χ0v) is 14.7. The van der Waals surface area contributed by atoms with Crippen LogP contribution in [0.4, 0.5) is 0 Å². The van der Waals surface area contributed by atoms with E-state index in [4.69, 9.17) is 9.47 Å². The van der Waals surface area contributed by atoms with Crippen molar-refractivity contribution < 1.29 is 24.2 Å². The largest absolute Gasteiger partial charge is 0.463 e. The van der Waals surface area contributed by atoms with Crippen LogP contribution in [-0.4, -0.2) is 59.4 Å². The SMILES string of the molecule is C/C=C1/C[C@@H](C)[C@](C)(O)C(=O)OC[C@@H]2CCN3CC[C@H](OC1=O)C23. The Hall–Kier alpha value is -1.40. The van der Waals surface area contributed by atoms with Gasteiger partial charge in [0.25, 0.3) is 0 Å². The zero-order chi connectivity index (χ0) is 17.5. The van der Waals surface area contributed by atoms with E-state index in [0.717, 1.165) is 25.9 Å². The average molecular weight is 337 g/mol. The van der Waals surface area contributed by atoms with Gasteiger partial charge in [-0.25, -0.2) is 9.59 Å². The maximum atomic E-state index is 12.6. The molecule has 3 aliphatic heterocycles. The average Bonchev–Trinajstić information content (AvgIpc) is 3.12. The number of rotatable bonds is 0. The zero-order valence-electron chi connectivity index (χ0n) is 14.7. The maximum absolute atomic E-state index is 12.6. The van der Waals surface area contributed by atoms with Crippen molar-refractivity contribution in [2.45, 2.75) is 57.8 Å². The second-order valence-corrected chi connectivity index (χ2v) is 7.47. The molecule has 24 heavy (non-hydrogen) atoms. The summed E-state index contributed by atoms with van der Waals surface area (Å²) in [7, 11) is 0. The van der Waals surface area contributed by atoms with Crippen LogP contribution in [0.3, 0.4) is 0 Å². The number of ether oxygens (including phenoxy) is 2. The molecule has 0 amide bonds. The lowest BCUT2D eigenvalue weighted by Gasteiger charge is -2.32. The van der Waals surface area contributed by atoms with Gasteiger partial charge in [-0.3, -0.25) is 4.90 Å². The predicted octanol–water partition coefficient (Wildman–Crippen LogP) is 1.27. The van der Waals surface area contributed by atoms with E-state index >= 15 is 0 Å². The fraction of sp³-hybridized carbons (Fsp3) is 0.778. The first kappa shape index (κ1) is 17.4. The van der Waals surface area contributed by atoms with Crippen LogP contribution in [0.25, 0.3) is 0 Å². The van der Waals surface area contributed by atoms with Crippen LogP contribution in [0, 0.1) is 11.8 Å². The smallest absolute Gasteiger partial charge is 0.338 e. The standard InChI is InChI=1S/C18H27NO5/c1-4-12-9-11(2)18(3,22)17(21)23-10-13-5-7-19-8-6-14(15(13)19)24-16(12)20/h4,11,13-15,22H,5-10H2,1-3H3/b12-4-/t11-,13+,14+,15?,18+/m1/s1. The van der Waals surface area contributed by atoms with E-state index in [1.807, 2.05) is 0 Å². The Morgan fingerprint density at radius 1 is 1.29 bits per heavy atom. The van der Waals surface area contributed by atoms with E-state index in [-0.39, 0.29) is 37.1 Å². The summed E-state index contributed by atoms with van der Waals surface area (Å²) < 4.78 is 11.3. The third-order valence-electron chi connectivity index (χ3n) is 5.97. The number of carbonyl (C=O) groups is 2. The summed E-state index contributed by atoms with van der Waals surface area (Å²) in [5.74, 6) is -1.23. The molecule has 3 heterocycles. The van der Waals surface area contributed by atoms with Crippen LogP contribution in [0.15, 0.2) is 11.6 Å². The molecule has 0 saturated carbocycles. The highest BCUT2D eigenvalue weighted by molar-refractivity contribution is 5.89. The number of aliphatic hydroxyl groups is 1. The minimum absolute atomic E-state index is 0.113. The van der Waals surface area contributed by atoms with E-state index < -0.39 is 17.5 Å². The molecule has 0 aromatic carbocycles. The molecule has 3 fully saturated rings. The first-order valence-electron chi connectivity index (χ1n) is 8.84. The second kappa shape index (κ2) is 6.48. The summed E-state index contributed by atoms with van der Waals surface area (Å²) in [5, 5.41) is 10.6. The Kier molecular flexibility index (Phi) is 4.71. The van der Waals surface area contributed by atoms with Gasteiger partial charge in [0.05, 0.1) is 12.6 Å². The number of carbonyl (C=O) groups excluding carboxylic acids is 2. The minimum Gasteiger partial charge on any atom is -0.463 e. The Morgan fingerprint density at radius 2 is 2.00 bits per heavy atom. The van der Waals surface area contributed by atoms with Gasteiger partial charge >= 0.3 is 11.9 Å². The number of hydrogen-bond donors (Lipinski definition) is 1. The summed E-state index contributed by atoms with van der Waals surface area (Å²) in [6.45, 7) is 7.11. The molecule has 6 heteroatoms. The van der Waals surface area contributed by atoms with E-state index in [9.17, 15) is 14.7 Å². The predicted molar refractivity (Wildman–Crippen MR) is 87.1 cm³/mol. The molecule has 0 aliphatic carbocycles. The van der Waals surface area contributed by atoms with Gasteiger partial charge in [0, 0.05) is 18.0 Å². The van der Waals surface area contributed by atoms with Crippen molar-refractivity contribution in [3.05, 3.63) is 11.6 Å². The molecular weight excluding hydrogens is 310 g/mol. The molecule has 1 unspecified atom stereocenters. The Balaban J connectivity index is 1.89. The monoisotopic (exact) mass is 337 g/mol. The van der Waals surface area contributed by atoms with Crippen molar-refractivity contribution in [3.63, 3.8) is 0 Å². The minimum atomic E-state index is -1.62.